The summed E-state index contributed by atoms with van der Waals surface area (Å²) in [5, 5.41) is 11.9. The van der Waals surface area contributed by atoms with Crippen molar-refractivity contribution in [1.29, 1.82) is 0 Å². The molecule has 0 saturated heterocycles. The molecule has 0 radical (unpaired) electrons. The fraction of sp³-hybridized carbons (Fsp3) is 0.214. The summed E-state index contributed by atoms with van der Waals surface area (Å²) in [7, 11) is 0. The molecule has 4 nitrogen and oxygen atoms in total. The van der Waals surface area contributed by atoms with E-state index in [0.29, 0.717) is 29.2 Å². The number of alkyl halides is 8. The Morgan fingerprint density at radius 2 is 1.38 bits per heavy atom. The van der Waals surface area contributed by atoms with Crippen LogP contribution in [0.4, 0.5) is 35.1 Å². The van der Waals surface area contributed by atoms with Gasteiger partial charge in [0.2, 0.25) is 0 Å². The lowest BCUT2D eigenvalue weighted by atomic mass is 9.95. The van der Waals surface area contributed by atoms with Gasteiger partial charge in [0.25, 0.3) is 0 Å². The summed E-state index contributed by atoms with van der Waals surface area (Å²) in [4.78, 5) is 0. The first-order valence-electron chi connectivity index (χ1n) is 11.7. The van der Waals surface area contributed by atoms with Crippen LogP contribution in [0.15, 0.2) is 95.6 Å². The molecule has 212 valence electrons. The number of rotatable bonds is 9. The van der Waals surface area contributed by atoms with Crippen molar-refractivity contribution in [3.8, 4) is 22.8 Å². The molecule has 0 saturated carbocycles. The fourth-order valence-electron chi connectivity index (χ4n) is 3.90. The Labute approximate surface area is 222 Å². The number of benzene rings is 3. The van der Waals surface area contributed by atoms with Gasteiger partial charge in [-0.05, 0) is 53.6 Å². The van der Waals surface area contributed by atoms with Gasteiger partial charge in [-0.3, -0.25) is 0 Å². The molecule has 0 amide bonds. The normalized spacial score (nSPS) is 14.1. The van der Waals surface area contributed by atoms with Crippen molar-refractivity contribution in [2.75, 3.05) is 6.54 Å². The summed E-state index contributed by atoms with van der Waals surface area (Å²) in [5.41, 5.74) is -0.695. The van der Waals surface area contributed by atoms with E-state index in [0.717, 1.165) is 6.07 Å². The van der Waals surface area contributed by atoms with Crippen molar-refractivity contribution in [3.63, 3.8) is 0 Å². The molecule has 0 aliphatic rings. The van der Waals surface area contributed by atoms with Gasteiger partial charge >= 0.3 is 18.3 Å². The van der Waals surface area contributed by atoms with E-state index in [1.807, 2.05) is 0 Å². The summed E-state index contributed by atoms with van der Waals surface area (Å²) in [6, 6.07) is 18.0. The first-order chi connectivity index (χ1) is 18.8. The van der Waals surface area contributed by atoms with Crippen LogP contribution in [0, 0.1) is 0 Å². The van der Waals surface area contributed by atoms with Gasteiger partial charge in [-0.25, -0.2) is 0 Å². The zero-order valence-electron chi connectivity index (χ0n) is 20.3. The summed E-state index contributed by atoms with van der Waals surface area (Å²) in [6.07, 6.45) is -12.2. The van der Waals surface area contributed by atoms with Gasteiger partial charge in [0, 0.05) is 17.7 Å². The van der Waals surface area contributed by atoms with Crippen LogP contribution in [0.3, 0.4) is 0 Å². The Balaban J connectivity index is 1.68. The van der Waals surface area contributed by atoms with Crippen LogP contribution in [-0.4, -0.2) is 30.1 Å². The van der Waals surface area contributed by atoms with Crippen molar-refractivity contribution < 1.29 is 49.4 Å². The van der Waals surface area contributed by atoms with Crippen molar-refractivity contribution in [2.45, 2.75) is 30.4 Å². The first-order valence-corrected chi connectivity index (χ1v) is 11.7. The van der Waals surface area contributed by atoms with Crippen molar-refractivity contribution >= 4 is 0 Å². The quantitative estimate of drug-likeness (QED) is 0.200. The van der Waals surface area contributed by atoms with Crippen LogP contribution in [0.1, 0.15) is 22.7 Å². The van der Waals surface area contributed by atoms with E-state index in [-0.39, 0.29) is 16.9 Å². The predicted molar refractivity (Wildman–Crippen MR) is 129 cm³/mol. The molecule has 0 fully saturated rings. The Bertz CT molecular complexity index is 1420. The van der Waals surface area contributed by atoms with Gasteiger partial charge in [-0.15, -0.1) is 0 Å². The topological polar surface area (TPSA) is 54.6 Å². The molecule has 2 atom stereocenters. The molecule has 4 rings (SSSR count). The molecule has 1 aromatic heterocycles. The van der Waals surface area contributed by atoms with Gasteiger partial charge in [-0.2, -0.15) is 35.1 Å². The molecule has 12 heteroatoms. The van der Waals surface area contributed by atoms with E-state index < -0.39 is 42.5 Å². The minimum Gasteiger partial charge on any atom is -0.464 e. The zero-order chi connectivity index (χ0) is 29.1. The summed E-state index contributed by atoms with van der Waals surface area (Å²) < 4.78 is 117. The molecule has 0 spiro atoms. The van der Waals surface area contributed by atoms with Crippen LogP contribution < -0.4 is 10.1 Å². The van der Waals surface area contributed by atoms with Crippen molar-refractivity contribution in [1.82, 2.24) is 5.32 Å². The van der Waals surface area contributed by atoms with Crippen LogP contribution in [0.5, 0.6) is 11.5 Å². The third-order valence-electron chi connectivity index (χ3n) is 5.90. The third kappa shape index (κ3) is 6.62. The largest absolute Gasteiger partial charge is 0.464 e. The van der Waals surface area contributed by atoms with Crippen LogP contribution in [-0.2, 0) is 5.92 Å². The number of aliphatic hydroxyl groups is 1. The first kappa shape index (κ1) is 29.1. The predicted octanol–water partition coefficient (Wildman–Crippen LogP) is 8.00. The highest BCUT2D eigenvalue weighted by Crippen LogP contribution is 2.44. The minimum atomic E-state index is -5.89. The molecule has 0 bridgehead atoms. The Morgan fingerprint density at radius 3 is 2.00 bits per heavy atom. The molecular formula is C28H21F8NO3. The molecule has 0 unspecified atom stereocenters. The van der Waals surface area contributed by atoms with Crippen LogP contribution in [0.2, 0.25) is 0 Å². The monoisotopic (exact) mass is 571 g/mol. The van der Waals surface area contributed by atoms with Crippen LogP contribution in [0.25, 0.3) is 11.3 Å². The van der Waals surface area contributed by atoms with Crippen molar-refractivity contribution in [2.24, 2.45) is 0 Å². The second-order valence-electron chi connectivity index (χ2n) is 8.78. The number of ether oxygens (including phenoxy) is 1. The molecule has 40 heavy (non-hydrogen) atoms. The lowest BCUT2D eigenvalue weighted by Gasteiger charge is -2.25. The summed E-state index contributed by atoms with van der Waals surface area (Å²) in [6.45, 7) is -1.07. The number of furan rings is 1. The van der Waals surface area contributed by atoms with Crippen LogP contribution >= 0.6 is 0 Å². The second kappa shape index (κ2) is 11.3. The Kier molecular flexibility index (Phi) is 8.22. The van der Waals surface area contributed by atoms with Crippen molar-refractivity contribution in [3.05, 3.63) is 108 Å². The van der Waals surface area contributed by atoms with Gasteiger partial charge < -0.3 is 19.6 Å². The average Bonchev–Trinajstić information content (AvgIpc) is 3.43. The molecule has 2 N–H and O–H groups in total. The number of hydrogen-bond donors (Lipinski definition) is 2. The zero-order valence-corrected chi connectivity index (χ0v) is 20.3. The Hall–Kier alpha value is -3.90. The average molecular weight is 571 g/mol. The smallest absolute Gasteiger partial charge is 0.458 e. The maximum Gasteiger partial charge on any atom is 0.458 e. The number of nitrogens with one attached hydrogen (secondary N) is 1. The second-order valence-corrected chi connectivity index (χ2v) is 8.78. The highest BCUT2D eigenvalue weighted by molar-refractivity contribution is 5.59. The molecule has 0 aliphatic carbocycles. The van der Waals surface area contributed by atoms with Gasteiger partial charge in [-0.1, -0.05) is 42.5 Å². The van der Waals surface area contributed by atoms with E-state index in [2.05, 4.69) is 5.32 Å². The molecule has 0 aliphatic heterocycles. The highest BCUT2D eigenvalue weighted by atomic mass is 19.4. The SMILES string of the molecule is O[C@H](CN[C@@H](c1cccc(Oc2cccc(-c3ccco3)c2)c1)c1cccc(C(F)(F)C(F)(F)F)c1)C(F)(F)F. The standard InChI is InChI=1S/C28H21F8NO3/c29-26(30,28(34,35)36)20-8-1-6-18(13-20)25(37-16-24(38)27(31,32)33)19-7-3-10-22(15-19)40-21-9-2-5-17(14-21)23-11-4-12-39-23/h1-15,24-25,37-38H,16H2/t24-,25-/m1/s1. The van der Waals surface area contributed by atoms with E-state index in [1.165, 1.54) is 36.6 Å². The lowest BCUT2D eigenvalue weighted by Crippen LogP contribution is -2.40. The van der Waals surface area contributed by atoms with E-state index in [9.17, 15) is 40.2 Å². The molecule has 1 heterocycles. The van der Waals surface area contributed by atoms with E-state index >= 15 is 0 Å². The van der Waals surface area contributed by atoms with Gasteiger partial charge in [0.1, 0.15) is 17.3 Å². The van der Waals surface area contributed by atoms with Gasteiger partial charge in [0.15, 0.2) is 6.10 Å². The highest BCUT2D eigenvalue weighted by Gasteiger charge is 2.58. The minimum absolute atomic E-state index is 0.182. The van der Waals surface area contributed by atoms with E-state index in [1.54, 1.807) is 36.4 Å². The third-order valence-corrected chi connectivity index (χ3v) is 5.90. The summed E-state index contributed by atoms with van der Waals surface area (Å²) >= 11 is 0. The number of hydrogen-bond acceptors (Lipinski definition) is 4. The van der Waals surface area contributed by atoms with E-state index in [4.69, 9.17) is 9.15 Å². The maximum absolute atomic E-state index is 14.1. The Morgan fingerprint density at radius 1 is 0.750 bits per heavy atom. The molecule has 3 aromatic carbocycles. The fourth-order valence-corrected chi connectivity index (χ4v) is 3.90. The number of halogens is 8. The summed E-state index contributed by atoms with van der Waals surface area (Å²) in [5.74, 6) is -4.06. The maximum atomic E-state index is 14.1. The molecular weight excluding hydrogens is 550 g/mol. The lowest BCUT2D eigenvalue weighted by molar-refractivity contribution is -0.289. The van der Waals surface area contributed by atoms with Gasteiger partial charge in [0.05, 0.1) is 12.3 Å². The number of aliphatic hydroxyl groups excluding tert-OH is 1. The molecule has 4 aromatic rings.